The summed E-state index contributed by atoms with van der Waals surface area (Å²) in [6, 6.07) is 14.0. The lowest BCUT2D eigenvalue weighted by atomic mass is 10.1. The number of nitrogens with zero attached hydrogens (tertiary/aromatic N) is 1. The fraction of sp³-hybridized carbons (Fsp3) is 0.200. The Labute approximate surface area is 159 Å². The molecule has 6 heteroatoms. The molecule has 26 heavy (non-hydrogen) atoms. The van der Waals surface area contributed by atoms with Crippen LogP contribution >= 0.6 is 15.9 Å². The third-order valence-corrected chi connectivity index (χ3v) is 4.73. The summed E-state index contributed by atoms with van der Waals surface area (Å²) in [7, 11) is 0. The number of halogens is 2. The van der Waals surface area contributed by atoms with Crippen LogP contribution in [-0.2, 0) is 11.2 Å². The van der Waals surface area contributed by atoms with Gasteiger partial charge in [-0.3, -0.25) is 4.79 Å². The second-order valence-electron chi connectivity index (χ2n) is 5.91. The average molecular weight is 417 g/mol. The van der Waals surface area contributed by atoms with Gasteiger partial charge in [-0.15, -0.1) is 0 Å². The fourth-order valence-corrected chi connectivity index (χ4v) is 3.28. The Morgan fingerprint density at radius 2 is 1.96 bits per heavy atom. The van der Waals surface area contributed by atoms with E-state index in [4.69, 9.17) is 4.42 Å². The normalized spacial score (nSPS) is 12.0. The largest absolute Gasteiger partial charge is 0.441 e. The van der Waals surface area contributed by atoms with Crippen molar-refractivity contribution in [1.29, 1.82) is 0 Å². The number of carbonyl (C=O) groups is 1. The maximum absolute atomic E-state index is 13.8. The van der Waals surface area contributed by atoms with Gasteiger partial charge in [0.2, 0.25) is 5.91 Å². The van der Waals surface area contributed by atoms with E-state index in [0.717, 1.165) is 10.0 Å². The van der Waals surface area contributed by atoms with Gasteiger partial charge in [0, 0.05) is 17.3 Å². The second-order valence-corrected chi connectivity index (χ2v) is 6.76. The summed E-state index contributed by atoms with van der Waals surface area (Å²) in [5.74, 6) is 0.307. The Morgan fingerprint density at radius 1 is 1.23 bits per heavy atom. The van der Waals surface area contributed by atoms with Gasteiger partial charge in [-0.2, -0.15) is 0 Å². The van der Waals surface area contributed by atoms with Gasteiger partial charge in [-0.05, 0) is 30.7 Å². The topological polar surface area (TPSA) is 55.1 Å². The van der Waals surface area contributed by atoms with Crippen molar-refractivity contribution < 1.29 is 13.6 Å². The maximum Gasteiger partial charge on any atom is 0.220 e. The van der Waals surface area contributed by atoms with Gasteiger partial charge in [-0.25, -0.2) is 9.37 Å². The summed E-state index contributed by atoms with van der Waals surface area (Å²) in [5.41, 5.74) is 1.37. The van der Waals surface area contributed by atoms with E-state index in [1.165, 1.54) is 12.3 Å². The van der Waals surface area contributed by atoms with Gasteiger partial charge in [-0.1, -0.05) is 46.3 Å². The second kappa shape index (κ2) is 8.27. The highest BCUT2D eigenvalue weighted by atomic mass is 79.9. The lowest BCUT2D eigenvalue weighted by molar-refractivity contribution is -0.121. The summed E-state index contributed by atoms with van der Waals surface area (Å²) in [5, 5.41) is 2.96. The first kappa shape index (κ1) is 18.3. The van der Waals surface area contributed by atoms with Crippen LogP contribution in [0.5, 0.6) is 0 Å². The lowest BCUT2D eigenvalue weighted by Crippen LogP contribution is -2.27. The van der Waals surface area contributed by atoms with E-state index in [1.807, 2.05) is 31.2 Å². The Morgan fingerprint density at radius 3 is 2.73 bits per heavy atom. The minimum absolute atomic E-state index is 0.0982. The summed E-state index contributed by atoms with van der Waals surface area (Å²) in [6.07, 6.45) is 2.07. The van der Waals surface area contributed by atoms with Gasteiger partial charge < -0.3 is 9.73 Å². The first-order valence-corrected chi connectivity index (χ1v) is 9.07. The van der Waals surface area contributed by atoms with Crippen molar-refractivity contribution in [2.75, 3.05) is 0 Å². The third-order valence-electron chi connectivity index (χ3n) is 4.01. The van der Waals surface area contributed by atoms with E-state index in [-0.39, 0.29) is 24.2 Å². The smallest absolute Gasteiger partial charge is 0.220 e. The molecule has 0 bridgehead atoms. The third kappa shape index (κ3) is 4.38. The van der Waals surface area contributed by atoms with Crippen molar-refractivity contribution in [2.45, 2.75) is 25.8 Å². The van der Waals surface area contributed by atoms with Gasteiger partial charge >= 0.3 is 0 Å². The molecule has 0 aliphatic carbocycles. The van der Waals surface area contributed by atoms with E-state index in [2.05, 4.69) is 26.2 Å². The zero-order valence-electron chi connectivity index (χ0n) is 14.2. The molecule has 1 atom stereocenters. The molecule has 0 fully saturated rings. The first-order chi connectivity index (χ1) is 12.5. The molecular weight excluding hydrogens is 399 g/mol. The quantitative estimate of drug-likeness (QED) is 0.611. The van der Waals surface area contributed by atoms with Crippen LogP contribution in [0, 0.1) is 5.82 Å². The summed E-state index contributed by atoms with van der Waals surface area (Å²) < 4.78 is 20.3. The Balaban J connectivity index is 1.57. The molecular formula is C20H18BrFN2O2. The molecule has 0 saturated heterocycles. The number of benzene rings is 2. The number of hydrogen-bond donors (Lipinski definition) is 1. The molecule has 134 valence electrons. The van der Waals surface area contributed by atoms with E-state index < -0.39 is 0 Å². The summed E-state index contributed by atoms with van der Waals surface area (Å²) in [4.78, 5) is 16.3. The van der Waals surface area contributed by atoms with Crippen molar-refractivity contribution >= 4 is 21.8 Å². The molecule has 2 aromatic carbocycles. The maximum atomic E-state index is 13.8. The van der Waals surface area contributed by atoms with Crippen LogP contribution in [0.3, 0.4) is 0 Å². The van der Waals surface area contributed by atoms with Crippen molar-refractivity contribution in [3.05, 3.63) is 76.5 Å². The molecule has 1 amide bonds. The van der Waals surface area contributed by atoms with Crippen molar-refractivity contribution in [2.24, 2.45) is 0 Å². The molecule has 0 unspecified atom stereocenters. The number of oxazole rings is 1. The highest BCUT2D eigenvalue weighted by molar-refractivity contribution is 9.10. The standard InChI is InChI=1S/C20H18BrFN2O2/c1-13(14-6-2-4-8-16(14)21)24-19(25)10-11-20-23-12-18(26-20)15-7-3-5-9-17(15)22/h2-9,12-13H,10-11H2,1H3,(H,24,25)/t13-/m1/s1. The van der Waals surface area contributed by atoms with Gasteiger partial charge in [0.05, 0.1) is 17.8 Å². The number of aromatic nitrogens is 1. The van der Waals surface area contributed by atoms with Crippen LogP contribution in [-0.4, -0.2) is 10.9 Å². The zero-order chi connectivity index (χ0) is 18.5. The molecule has 3 rings (SSSR count). The van der Waals surface area contributed by atoms with E-state index in [0.29, 0.717) is 23.6 Å². The molecule has 1 N–H and O–H groups in total. The Kier molecular flexibility index (Phi) is 5.83. The van der Waals surface area contributed by atoms with Crippen molar-refractivity contribution in [1.82, 2.24) is 10.3 Å². The van der Waals surface area contributed by atoms with Crippen molar-refractivity contribution in [3.8, 4) is 11.3 Å². The minimum Gasteiger partial charge on any atom is -0.441 e. The molecule has 1 heterocycles. The highest BCUT2D eigenvalue weighted by Crippen LogP contribution is 2.24. The Hall–Kier alpha value is -2.47. The summed E-state index contributed by atoms with van der Waals surface area (Å²) >= 11 is 3.49. The Bertz CT molecular complexity index is 910. The summed E-state index contributed by atoms with van der Waals surface area (Å²) in [6.45, 7) is 1.93. The number of carbonyl (C=O) groups excluding carboxylic acids is 1. The SMILES string of the molecule is C[C@@H](NC(=O)CCc1ncc(-c2ccccc2F)o1)c1ccccc1Br. The number of amides is 1. The van der Waals surface area contributed by atoms with E-state index in [9.17, 15) is 9.18 Å². The van der Waals surface area contributed by atoms with Crippen LogP contribution in [0.25, 0.3) is 11.3 Å². The molecule has 4 nitrogen and oxygen atoms in total. The number of rotatable bonds is 6. The fourth-order valence-electron chi connectivity index (χ4n) is 2.65. The highest BCUT2D eigenvalue weighted by Gasteiger charge is 2.14. The monoisotopic (exact) mass is 416 g/mol. The number of aryl methyl sites for hydroxylation is 1. The van der Waals surface area contributed by atoms with Crippen LogP contribution in [0.1, 0.15) is 30.8 Å². The molecule has 0 aliphatic rings. The van der Waals surface area contributed by atoms with Crippen LogP contribution in [0.4, 0.5) is 4.39 Å². The predicted octanol–water partition coefficient (Wildman–Crippen LogP) is 5.05. The van der Waals surface area contributed by atoms with Crippen LogP contribution in [0.15, 0.2) is 63.6 Å². The van der Waals surface area contributed by atoms with E-state index in [1.54, 1.807) is 18.2 Å². The molecule has 0 radical (unpaired) electrons. The zero-order valence-corrected chi connectivity index (χ0v) is 15.8. The minimum atomic E-state index is -0.366. The van der Waals surface area contributed by atoms with E-state index >= 15 is 0 Å². The first-order valence-electron chi connectivity index (χ1n) is 8.28. The molecule has 3 aromatic rings. The van der Waals surface area contributed by atoms with Crippen LogP contribution < -0.4 is 5.32 Å². The molecule has 0 spiro atoms. The van der Waals surface area contributed by atoms with Gasteiger partial charge in [0.1, 0.15) is 5.82 Å². The van der Waals surface area contributed by atoms with Gasteiger partial charge in [0.25, 0.3) is 0 Å². The molecule has 0 aliphatic heterocycles. The number of hydrogen-bond acceptors (Lipinski definition) is 3. The van der Waals surface area contributed by atoms with Crippen LogP contribution in [0.2, 0.25) is 0 Å². The average Bonchev–Trinajstić information content (AvgIpc) is 3.09. The van der Waals surface area contributed by atoms with Gasteiger partial charge in [0.15, 0.2) is 11.7 Å². The molecule has 1 aromatic heterocycles. The molecule has 0 saturated carbocycles. The lowest BCUT2D eigenvalue weighted by Gasteiger charge is -2.15. The van der Waals surface area contributed by atoms with Crippen molar-refractivity contribution in [3.63, 3.8) is 0 Å². The predicted molar refractivity (Wildman–Crippen MR) is 101 cm³/mol. The number of nitrogens with one attached hydrogen (secondary N) is 1.